The molecule has 0 spiro atoms. The minimum Gasteiger partial charge on any atom is -0.339 e. The molecule has 0 aliphatic carbocycles. The predicted molar refractivity (Wildman–Crippen MR) is 133 cm³/mol. The van der Waals surface area contributed by atoms with Gasteiger partial charge in [-0.2, -0.15) is 5.26 Å². The van der Waals surface area contributed by atoms with Crippen LogP contribution in [0.5, 0.6) is 0 Å². The summed E-state index contributed by atoms with van der Waals surface area (Å²) in [4.78, 5) is 27.4. The highest BCUT2D eigenvalue weighted by atomic mass is 16.2. The van der Waals surface area contributed by atoms with Crippen LogP contribution in [0.15, 0.2) is 72.8 Å². The summed E-state index contributed by atoms with van der Waals surface area (Å²) in [5.74, 6) is 0.367. The van der Waals surface area contributed by atoms with Crippen molar-refractivity contribution in [1.29, 1.82) is 5.26 Å². The van der Waals surface area contributed by atoms with Gasteiger partial charge in [0, 0.05) is 30.9 Å². The Morgan fingerprint density at radius 1 is 1.00 bits per heavy atom. The molecule has 6 heteroatoms. The summed E-state index contributed by atoms with van der Waals surface area (Å²) >= 11 is 0. The van der Waals surface area contributed by atoms with Gasteiger partial charge in [0.15, 0.2) is 0 Å². The van der Waals surface area contributed by atoms with E-state index in [0.717, 1.165) is 24.0 Å². The van der Waals surface area contributed by atoms with Crippen molar-refractivity contribution in [1.82, 2.24) is 10.2 Å². The Kier molecular flexibility index (Phi) is 7.24. The second-order valence-electron chi connectivity index (χ2n) is 8.62. The van der Waals surface area contributed by atoms with Gasteiger partial charge in [0.05, 0.1) is 11.6 Å². The zero-order valence-electron chi connectivity index (χ0n) is 19.3. The maximum absolute atomic E-state index is 13.1. The summed E-state index contributed by atoms with van der Waals surface area (Å²) in [7, 11) is 0. The molecule has 3 amide bonds. The Bertz CT molecular complexity index is 1190. The van der Waals surface area contributed by atoms with Crippen LogP contribution in [0.4, 0.5) is 10.5 Å². The molecular formula is C28H28N4O2. The molecule has 0 aromatic heterocycles. The Balaban J connectivity index is 1.35. The molecule has 0 unspecified atom stereocenters. The number of nitrogens with one attached hydrogen (secondary N) is 2. The van der Waals surface area contributed by atoms with Gasteiger partial charge in [-0.05, 0) is 66.6 Å². The van der Waals surface area contributed by atoms with Crippen molar-refractivity contribution in [2.24, 2.45) is 0 Å². The van der Waals surface area contributed by atoms with Crippen molar-refractivity contribution in [2.45, 2.75) is 32.2 Å². The second kappa shape index (κ2) is 10.7. The van der Waals surface area contributed by atoms with Gasteiger partial charge < -0.3 is 15.5 Å². The van der Waals surface area contributed by atoms with Gasteiger partial charge in [0.2, 0.25) is 0 Å². The number of hydrogen-bond donors (Lipinski definition) is 2. The summed E-state index contributed by atoms with van der Waals surface area (Å²) in [6.45, 7) is 3.69. The van der Waals surface area contributed by atoms with Crippen LogP contribution in [0.2, 0.25) is 0 Å². The van der Waals surface area contributed by atoms with Gasteiger partial charge in [0.25, 0.3) is 5.91 Å². The highest BCUT2D eigenvalue weighted by molar-refractivity contribution is 5.97. The van der Waals surface area contributed by atoms with E-state index in [9.17, 15) is 9.59 Å². The van der Waals surface area contributed by atoms with Crippen LogP contribution in [-0.2, 0) is 6.54 Å². The summed E-state index contributed by atoms with van der Waals surface area (Å²) in [6.07, 6.45) is 1.77. The zero-order valence-corrected chi connectivity index (χ0v) is 19.3. The molecule has 0 radical (unpaired) electrons. The monoisotopic (exact) mass is 452 g/mol. The van der Waals surface area contributed by atoms with Crippen LogP contribution in [0.3, 0.4) is 0 Å². The first-order valence-electron chi connectivity index (χ1n) is 11.5. The Morgan fingerprint density at radius 2 is 1.71 bits per heavy atom. The van der Waals surface area contributed by atoms with Crippen molar-refractivity contribution in [3.8, 4) is 6.07 Å². The smallest absolute Gasteiger partial charge is 0.319 e. The predicted octanol–water partition coefficient (Wildman–Crippen LogP) is 5.21. The van der Waals surface area contributed by atoms with Gasteiger partial charge in [-0.3, -0.25) is 4.79 Å². The summed E-state index contributed by atoms with van der Waals surface area (Å²) < 4.78 is 0. The molecule has 2 N–H and O–H groups in total. The maximum atomic E-state index is 13.1. The number of nitriles is 1. The second-order valence-corrected chi connectivity index (χ2v) is 8.62. The van der Waals surface area contributed by atoms with E-state index in [1.807, 2.05) is 78.6 Å². The third-order valence-corrected chi connectivity index (χ3v) is 6.32. The van der Waals surface area contributed by atoms with Gasteiger partial charge in [-0.25, -0.2) is 4.79 Å². The average Bonchev–Trinajstić information content (AvgIpc) is 2.89. The fraction of sp³-hybridized carbons (Fsp3) is 0.250. The molecule has 3 aromatic rings. The fourth-order valence-electron chi connectivity index (χ4n) is 4.26. The molecule has 1 aliphatic rings. The highest BCUT2D eigenvalue weighted by Crippen LogP contribution is 2.29. The lowest BCUT2D eigenvalue weighted by atomic mass is 9.89. The zero-order chi connectivity index (χ0) is 23.9. The van der Waals surface area contributed by atoms with E-state index in [1.54, 1.807) is 6.07 Å². The number of nitrogens with zero attached hydrogens (tertiary/aromatic N) is 2. The first-order chi connectivity index (χ1) is 16.5. The molecule has 6 nitrogen and oxygen atoms in total. The highest BCUT2D eigenvalue weighted by Gasteiger charge is 2.25. The van der Waals surface area contributed by atoms with E-state index in [1.165, 1.54) is 5.56 Å². The topological polar surface area (TPSA) is 85.2 Å². The SMILES string of the molecule is Cc1ccc(C(=O)N2CCC(c3ccc(C#N)cc3)CC2)cc1NC(=O)NCc1ccccc1. The molecule has 172 valence electrons. The fourth-order valence-corrected chi connectivity index (χ4v) is 4.26. The van der Waals surface area contributed by atoms with E-state index < -0.39 is 0 Å². The lowest BCUT2D eigenvalue weighted by Crippen LogP contribution is -2.38. The number of amides is 3. The molecule has 0 atom stereocenters. The van der Waals surface area contributed by atoms with E-state index >= 15 is 0 Å². The van der Waals surface area contributed by atoms with Crippen LogP contribution >= 0.6 is 0 Å². The molecule has 4 rings (SSSR count). The van der Waals surface area contributed by atoms with Crippen LogP contribution < -0.4 is 10.6 Å². The number of carbonyl (C=O) groups excluding carboxylic acids is 2. The Hall–Kier alpha value is -4.11. The van der Waals surface area contributed by atoms with Crippen molar-refractivity contribution in [2.75, 3.05) is 18.4 Å². The number of anilines is 1. The lowest BCUT2D eigenvalue weighted by molar-refractivity contribution is 0.0713. The van der Waals surface area contributed by atoms with Crippen molar-refractivity contribution < 1.29 is 9.59 Å². The van der Waals surface area contributed by atoms with E-state index in [2.05, 4.69) is 16.7 Å². The quantitative estimate of drug-likeness (QED) is 0.557. The largest absolute Gasteiger partial charge is 0.339 e. The maximum Gasteiger partial charge on any atom is 0.319 e. The third-order valence-electron chi connectivity index (χ3n) is 6.32. The Morgan fingerprint density at radius 3 is 2.38 bits per heavy atom. The minimum atomic E-state index is -0.306. The third kappa shape index (κ3) is 5.62. The summed E-state index contributed by atoms with van der Waals surface area (Å²) in [6, 6.07) is 24.7. The minimum absolute atomic E-state index is 0.0222. The van der Waals surface area contributed by atoms with Crippen LogP contribution in [0.1, 0.15) is 51.4 Å². The first-order valence-corrected chi connectivity index (χ1v) is 11.5. The Labute approximate surface area is 200 Å². The van der Waals surface area contributed by atoms with Crippen molar-refractivity contribution in [3.63, 3.8) is 0 Å². The van der Waals surface area contributed by atoms with Crippen LogP contribution in [0, 0.1) is 18.3 Å². The lowest BCUT2D eigenvalue weighted by Gasteiger charge is -2.32. The van der Waals surface area contributed by atoms with Gasteiger partial charge in [-0.15, -0.1) is 0 Å². The molecule has 1 aliphatic heterocycles. The average molecular weight is 453 g/mol. The number of urea groups is 1. The van der Waals surface area contributed by atoms with E-state index in [-0.39, 0.29) is 11.9 Å². The molecule has 1 heterocycles. The number of benzene rings is 3. The number of hydrogen-bond acceptors (Lipinski definition) is 3. The molecule has 0 bridgehead atoms. The van der Waals surface area contributed by atoms with Gasteiger partial charge in [-0.1, -0.05) is 48.5 Å². The van der Waals surface area contributed by atoms with E-state index in [0.29, 0.717) is 42.4 Å². The number of rotatable bonds is 5. The summed E-state index contributed by atoms with van der Waals surface area (Å²) in [5.41, 5.74) is 4.99. The molecule has 1 saturated heterocycles. The first kappa shape index (κ1) is 23.1. The number of carbonyl (C=O) groups is 2. The number of likely N-dealkylation sites (tertiary alicyclic amines) is 1. The summed E-state index contributed by atoms with van der Waals surface area (Å²) in [5, 5.41) is 14.7. The van der Waals surface area contributed by atoms with Crippen LogP contribution in [0.25, 0.3) is 0 Å². The molecular weight excluding hydrogens is 424 g/mol. The standard InChI is InChI=1S/C28H28N4O2/c1-20-7-10-25(17-26(20)31-28(34)30-19-22-5-3-2-4-6-22)27(33)32-15-13-24(14-16-32)23-11-8-21(18-29)9-12-23/h2-12,17,24H,13-16,19H2,1H3,(H2,30,31,34). The van der Waals surface area contributed by atoms with E-state index in [4.69, 9.17) is 5.26 Å². The molecule has 34 heavy (non-hydrogen) atoms. The molecule has 1 fully saturated rings. The normalized spacial score (nSPS) is 13.7. The number of piperidine rings is 1. The molecule has 0 saturated carbocycles. The van der Waals surface area contributed by atoms with Crippen LogP contribution in [-0.4, -0.2) is 29.9 Å². The number of aryl methyl sites for hydroxylation is 1. The van der Waals surface area contributed by atoms with Crippen molar-refractivity contribution in [3.05, 3.63) is 101 Å². The van der Waals surface area contributed by atoms with Crippen molar-refractivity contribution >= 4 is 17.6 Å². The van der Waals surface area contributed by atoms with Gasteiger partial charge in [0.1, 0.15) is 0 Å². The van der Waals surface area contributed by atoms with Gasteiger partial charge >= 0.3 is 6.03 Å². The molecule has 3 aromatic carbocycles.